The molecule has 0 bridgehead atoms. The predicted octanol–water partition coefficient (Wildman–Crippen LogP) is 1.48. The van der Waals surface area contributed by atoms with E-state index in [0.717, 1.165) is 5.56 Å². The van der Waals surface area contributed by atoms with Crippen LogP contribution in [0.5, 0.6) is 0 Å². The first-order valence-corrected chi connectivity index (χ1v) is 4.10. The molecule has 0 fully saturated rings. The average Bonchev–Trinajstić information content (AvgIpc) is 2.62. The summed E-state index contributed by atoms with van der Waals surface area (Å²) in [5.41, 5.74) is 5.71. The van der Waals surface area contributed by atoms with Gasteiger partial charge in [-0.25, -0.2) is 0 Å². The van der Waals surface area contributed by atoms with Crippen molar-refractivity contribution in [1.82, 2.24) is 5.32 Å². The number of carbonyl (C=O) groups is 2. The Morgan fingerprint density at radius 3 is 2.00 bits per heavy atom. The lowest BCUT2D eigenvalue weighted by Crippen LogP contribution is -2.21. The molecule has 1 aromatic carbocycles. The summed E-state index contributed by atoms with van der Waals surface area (Å²) in [5.74, 6) is -0.667. The van der Waals surface area contributed by atoms with Crippen LogP contribution in [0.3, 0.4) is 0 Å². The van der Waals surface area contributed by atoms with E-state index in [9.17, 15) is 9.59 Å². The Bertz CT molecular complexity index is 417. The molecule has 0 atom stereocenters. The average molecular weight is 241 g/mol. The van der Waals surface area contributed by atoms with Gasteiger partial charge in [-0.05, 0) is 5.56 Å². The minimum absolute atomic E-state index is 0. The highest BCUT2D eigenvalue weighted by Crippen LogP contribution is 2.16. The second kappa shape index (κ2) is 6.47. The van der Waals surface area contributed by atoms with Crippen LogP contribution in [0.1, 0.15) is 5.56 Å². The molecular weight excluding hydrogens is 232 g/mol. The lowest BCUT2D eigenvalue weighted by Gasteiger charge is -1.97. The van der Waals surface area contributed by atoms with Gasteiger partial charge in [0.25, 0.3) is 11.8 Å². The monoisotopic (exact) mass is 240 g/mol. The highest BCUT2D eigenvalue weighted by atomic mass is 35.5. The maximum Gasteiger partial charge on any atom is 0.258 e. The fourth-order valence-corrected chi connectivity index (χ4v) is 1.24. The number of nitroso groups, excluding NO2 is 1. The van der Waals surface area contributed by atoms with Crippen molar-refractivity contribution in [2.24, 2.45) is 0 Å². The highest BCUT2D eigenvalue weighted by Gasteiger charge is 2.21. The second-order valence-corrected chi connectivity index (χ2v) is 2.74. The minimum atomic E-state index is -0.344. The van der Waals surface area contributed by atoms with Gasteiger partial charge in [-0.2, -0.15) is 4.91 Å². The molecule has 2 rings (SSSR count). The second-order valence-electron chi connectivity index (χ2n) is 2.74. The minimum Gasteiger partial charge on any atom is -0.289 e. The van der Waals surface area contributed by atoms with Crippen molar-refractivity contribution in [1.29, 1.82) is 5.59 Å². The number of halogens is 1. The summed E-state index contributed by atoms with van der Waals surface area (Å²) in [4.78, 5) is 29.5. The van der Waals surface area contributed by atoms with Crippen LogP contribution in [0.25, 0.3) is 5.57 Å². The van der Waals surface area contributed by atoms with Gasteiger partial charge in [0.1, 0.15) is 0 Å². The summed E-state index contributed by atoms with van der Waals surface area (Å²) in [6.07, 6.45) is 1.32. The van der Waals surface area contributed by atoms with E-state index >= 15 is 0 Å². The molecule has 0 aromatic heterocycles. The smallest absolute Gasteiger partial charge is 0.258 e. The van der Waals surface area contributed by atoms with Crippen LogP contribution in [0.4, 0.5) is 0 Å². The molecule has 5 nitrogen and oxygen atoms in total. The van der Waals surface area contributed by atoms with Gasteiger partial charge in [0.2, 0.25) is 0 Å². The summed E-state index contributed by atoms with van der Waals surface area (Å²) in [6.45, 7) is 0. The lowest BCUT2D eigenvalue weighted by atomic mass is 10.1. The molecule has 1 aromatic rings. The van der Waals surface area contributed by atoms with E-state index in [4.69, 9.17) is 4.91 Å². The first-order chi connectivity index (χ1) is 7.27. The van der Waals surface area contributed by atoms with Crippen molar-refractivity contribution >= 4 is 29.8 Å². The predicted molar refractivity (Wildman–Crippen MR) is 60.9 cm³/mol. The van der Waals surface area contributed by atoms with Crippen molar-refractivity contribution in [3.05, 3.63) is 46.9 Å². The van der Waals surface area contributed by atoms with Crippen molar-refractivity contribution in [3.8, 4) is 0 Å². The number of rotatable bonds is 1. The standard InChI is InChI=1S/C10H7NO2.ClH.HNO/c12-9-6-8(10(13)11-9)7-4-2-1-3-5-7;;1-2/h1-6H,(H,11,12,13);1H;1H. The van der Waals surface area contributed by atoms with Crippen LogP contribution < -0.4 is 5.32 Å². The molecule has 84 valence electrons. The van der Waals surface area contributed by atoms with E-state index in [1.807, 2.05) is 18.2 Å². The Morgan fingerprint density at radius 1 is 1.00 bits per heavy atom. The largest absolute Gasteiger partial charge is 0.289 e. The summed E-state index contributed by atoms with van der Waals surface area (Å²) in [5, 5.41) is 2.19. The molecule has 0 unspecified atom stereocenters. The molecule has 0 aliphatic carbocycles. The molecule has 1 aliphatic heterocycles. The van der Waals surface area contributed by atoms with Crippen molar-refractivity contribution < 1.29 is 9.59 Å². The molecule has 6 heteroatoms. The van der Waals surface area contributed by atoms with Crippen LogP contribution in [-0.2, 0) is 9.59 Å². The van der Waals surface area contributed by atoms with E-state index < -0.39 is 0 Å². The molecule has 0 saturated carbocycles. The third-order valence-corrected chi connectivity index (χ3v) is 1.84. The Hall–Kier alpha value is -2.01. The van der Waals surface area contributed by atoms with Crippen LogP contribution >= 0.6 is 12.4 Å². The fourth-order valence-electron chi connectivity index (χ4n) is 1.24. The number of imide groups is 1. The van der Waals surface area contributed by atoms with E-state index in [2.05, 4.69) is 10.9 Å². The fraction of sp³-hybridized carbons (Fsp3) is 0. The Balaban J connectivity index is 0.000000711. The number of hydrogen-bond acceptors (Lipinski definition) is 4. The van der Waals surface area contributed by atoms with Gasteiger partial charge in [0.05, 0.1) is 5.57 Å². The van der Waals surface area contributed by atoms with Gasteiger partial charge < -0.3 is 0 Å². The topological polar surface area (TPSA) is 87.1 Å². The summed E-state index contributed by atoms with van der Waals surface area (Å²) in [6, 6.07) is 9.10. The van der Waals surface area contributed by atoms with Crippen LogP contribution in [0, 0.1) is 10.5 Å². The van der Waals surface area contributed by atoms with E-state index in [-0.39, 0.29) is 24.2 Å². The van der Waals surface area contributed by atoms with Gasteiger partial charge in [0.15, 0.2) is 0 Å². The van der Waals surface area contributed by atoms with Gasteiger partial charge in [-0.1, -0.05) is 35.9 Å². The number of carbonyl (C=O) groups excluding carboxylic acids is 2. The van der Waals surface area contributed by atoms with Crippen molar-refractivity contribution in [2.45, 2.75) is 0 Å². The maximum atomic E-state index is 11.2. The first-order valence-electron chi connectivity index (χ1n) is 4.10. The normalized spacial score (nSPS) is 12.9. The van der Waals surface area contributed by atoms with Crippen LogP contribution in [0.15, 0.2) is 36.4 Å². The third kappa shape index (κ3) is 2.99. The Kier molecular flexibility index (Phi) is 5.66. The molecule has 0 spiro atoms. The highest BCUT2D eigenvalue weighted by molar-refractivity contribution is 6.33. The van der Waals surface area contributed by atoms with E-state index in [0.29, 0.717) is 5.57 Å². The zero-order valence-corrected chi connectivity index (χ0v) is 8.91. The van der Waals surface area contributed by atoms with Gasteiger partial charge in [-0.15, -0.1) is 12.4 Å². The molecule has 0 radical (unpaired) electrons. The van der Waals surface area contributed by atoms with Crippen LogP contribution in [-0.4, -0.2) is 11.8 Å². The van der Waals surface area contributed by atoms with Gasteiger partial charge in [0, 0.05) is 6.08 Å². The van der Waals surface area contributed by atoms with Crippen LogP contribution in [0.2, 0.25) is 0 Å². The number of benzene rings is 1. The van der Waals surface area contributed by atoms with Gasteiger partial charge in [-0.3, -0.25) is 14.9 Å². The number of amides is 2. The molecule has 2 N–H and O–H groups in total. The molecular formula is C10H9ClN2O3. The Labute approximate surface area is 97.7 Å². The SMILES string of the molecule is Cl.N=O.O=C1C=C(c2ccccc2)C(=O)N1. The summed E-state index contributed by atoms with van der Waals surface area (Å²) < 4.78 is 0. The zero-order valence-electron chi connectivity index (χ0n) is 8.10. The molecule has 1 aliphatic rings. The number of hydrogen-bond donors (Lipinski definition) is 2. The lowest BCUT2D eigenvalue weighted by molar-refractivity contribution is -0.123. The van der Waals surface area contributed by atoms with Crippen molar-refractivity contribution in [3.63, 3.8) is 0 Å². The first kappa shape index (κ1) is 14.0. The maximum absolute atomic E-state index is 11.2. The van der Waals surface area contributed by atoms with Gasteiger partial charge >= 0.3 is 0 Å². The Morgan fingerprint density at radius 2 is 1.56 bits per heavy atom. The molecule has 0 saturated heterocycles. The summed E-state index contributed by atoms with van der Waals surface area (Å²) in [7, 11) is 0. The quantitative estimate of drug-likeness (QED) is 0.576. The molecule has 16 heavy (non-hydrogen) atoms. The summed E-state index contributed by atoms with van der Waals surface area (Å²) >= 11 is 0. The third-order valence-electron chi connectivity index (χ3n) is 1.84. The molecule has 1 heterocycles. The van der Waals surface area contributed by atoms with E-state index in [1.54, 1.807) is 12.1 Å². The zero-order chi connectivity index (χ0) is 11.3. The van der Waals surface area contributed by atoms with E-state index in [1.165, 1.54) is 6.08 Å². The van der Waals surface area contributed by atoms with Crippen molar-refractivity contribution in [2.75, 3.05) is 0 Å². The molecule has 2 amide bonds. The number of nitrogens with one attached hydrogen (secondary N) is 2.